The highest BCUT2D eigenvalue weighted by Crippen LogP contribution is 2.18. The van der Waals surface area contributed by atoms with Crippen LogP contribution in [0.3, 0.4) is 0 Å². The van der Waals surface area contributed by atoms with E-state index >= 15 is 0 Å². The van der Waals surface area contributed by atoms with Crippen LogP contribution in [0.2, 0.25) is 0 Å². The van der Waals surface area contributed by atoms with Crippen molar-refractivity contribution in [2.45, 2.75) is 6.42 Å². The van der Waals surface area contributed by atoms with Crippen LogP contribution in [0.4, 0.5) is 0 Å². The molecule has 3 aliphatic heterocycles. The molecule has 0 fully saturated rings. The smallest absolute Gasteiger partial charge is 0.184 e. The van der Waals surface area contributed by atoms with Crippen LogP contribution in [0.25, 0.3) is 35.3 Å². The van der Waals surface area contributed by atoms with Crippen molar-refractivity contribution in [2.24, 2.45) is 0 Å². The first-order valence-electron chi connectivity index (χ1n) is 8.10. The van der Waals surface area contributed by atoms with E-state index in [0.29, 0.717) is 12.1 Å². The molecule has 0 amide bonds. The Morgan fingerprint density at radius 2 is 1.28 bits per heavy atom. The highest BCUT2D eigenvalue weighted by molar-refractivity contribution is 5.98. The average molecular weight is 326 g/mol. The standard InChI is InChI=1S/C20H14N4O/c25-20-11-18-9-16-4-3-14(22-16)7-12-1-2-13(21-12)8-15-5-6-17(23-15)10-19(20)24-18/h1-10,21,24H,11H2. The Balaban J connectivity index is 1.83. The van der Waals surface area contributed by atoms with E-state index in [2.05, 4.69) is 19.9 Å². The second-order valence-corrected chi connectivity index (χ2v) is 6.20. The summed E-state index contributed by atoms with van der Waals surface area (Å²) in [5, 5.41) is 0. The zero-order valence-electron chi connectivity index (χ0n) is 13.3. The Hall–Kier alpha value is -3.47. The summed E-state index contributed by atoms with van der Waals surface area (Å²) in [5.74, 6) is 0.0658. The van der Waals surface area contributed by atoms with Crippen molar-refractivity contribution in [3.63, 3.8) is 0 Å². The number of nitrogens with one attached hydrogen (secondary N) is 2. The summed E-state index contributed by atoms with van der Waals surface area (Å²) in [6, 6.07) is 11.7. The monoisotopic (exact) mass is 326 g/mol. The Bertz CT molecular complexity index is 1150. The number of hydrogen-bond donors (Lipinski definition) is 2. The van der Waals surface area contributed by atoms with Crippen LogP contribution in [-0.4, -0.2) is 25.7 Å². The fourth-order valence-electron chi connectivity index (χ4n) is 3.11. The predicted octanol–water partition coefficient (Wildman–Crippen LogP) is 3.80. The van der Waals surface area contributed by atoms with Crippen molar-refractivity contribution >= 4 is 41.1 Å². The molecule has 2 N–H and O–H groups in total. The van der Waals surface area contributed by atoms with Gasteiger partial charge in [0.25, 0.3) is 0 Å². The molecule has 25 heavy (non-hydrogen) atoms. The summed E-state index contributed by atoms with van der Waals surface area (Å²) in [7, 11) is 0. The lowest BCUT2D eigenvalue weighted by molar-refractivity contribution is 0.0998. The number of Topliss-reactive ketones (excluding diaryl/α,β-unsaturated/α-hetero) is 1. The minimum absolute atomic E-state index is 0.0658. The number of nitrogens with zero attached hydrogens (tertiary/aromatic N) is 2. The highest BCUT2D eigenvalue weighted by Gasteiger charge is 2.15. The van der Waals surface area contributed by atoms with Crippen LogP contribution in [0, 0.1) is 0 Å². The fraction of sp³-hybridized carbons (Fsp3) is 0.0500. The summed E-state index contributed by atoms with van der Waals surface area (Å²) >= 11 is 0. The molecule has 5 nitrogen and oxygen atoms in total. The van der Waals surface area contributed by atoms with Crippen LogP contribution in [0.1, 0.15) is 39.0 Å². The first kappa shape index (κ1) is 13.9. The summed E-state index contributed by atoms with van der Waals surface area (Å²) < 4.78 is 0. The van der Waals surface area contributed by atoms with Crippen molar-refractivity contribution < 1.29 is 4.79 Å². The van der Waals surface area contributed by atoms with E-state index in [0.717, 1.165) is 39.5 Å². The molecule has 3 aliphatic rings. The molecular formula is C20H14N4O. The normalized spacial score (nSPS) is 14.0. The number of aromatic nitrogens is 4. The van der Waals surface area contributed by atoms with Gasteiger partial charge in [0.1, 0.15) is 0 Å². The van der Waals surface area contributed by atoms with E-state index in [1.807, 2.05) is 54.6 Å². The summed E-state index contributed by atoms with van der Waals surface area (Å²) in [6.07, 6.45) is 8.12. The van der Waals surface area contributed by atoms with Crippen molar-refractivity contribution in [1.29, 1.82) is 0 Å². The maximum atomic E-state index is 12.2. The number of hydrogen-bond acceptors (Lipinski definition) is 3. The van der Waals surface area contributed by atoms with E-state index < -0.39 is 0 Å². The number of aromatic amines is 2. The second-order valence-electron chi connectivity index (χ2n) is 6.20. The molecule has 0 spiro atoms. The molecular weight excluding hydrogens is 312 g/mol. The molecule has 0 saturated carbocycles. The van der Waals surface area contributed by atoms with Gasteiger partial charge in [-0.3, -0.25) is 4.79 Å². The topological polar surface area (TPSA) is 74.4 Å². The number of rotatable bonds is 0. The molecule has 5 rings (SSSR count). The van der Waals surface area contributed by atoms with Gasteiger partial charge in [0.05, 0.1) is 34.9 Å². The Kier molecular flexibility index (Phi) is 2.94. The quantitative estimate of drug-likeness (QED) is 0.516. The van der Waals surface area contributed by atoms with E-state index in [-0.39, 0.29) is 5.78 Å². The van der Waals surface area contributed by atoms with Crippen LogP contribution in [-0.2, 0) is 6.42 Å². The number of carbonyl (C=O) groups excluding carboxylic acids is 1. The molecule has 5 heterocycles. The van der Waals surface area contributed by atoms with Gasteiger partial charge < -0.3 is 9.97 Å². The zero-order valence-corrected chi connectivity index (χ0v) is 13.3. The summed E-state index contributed by atoms with van der Waals surface area (Å²) in [4.78, 5) is 27.9. The van der Waals surface area contributed by atoms with Crippen LogP contribution in [0.5, 0.6) is 0 Å². The molecule has 0 unspecified atom stereocenters. The van der Waals surface area contributed by atoms with Gasteiger partial charge in [0.2, 0.25) is 0 Å². The SMILES string of the molecule is O=C1Cc2cc3nc(cc4ccc(cc5nc(cc1[nH]2)C=C5)[nH]4)C=C3. The minimum atomic E-state index is 0.0658. The minimum Gasteiger partial charge on any atom is -0.355 e. The predicted molar refractivity (Wildman–Crippen MR) is 98.2 cm³/mol. The van der Waals surface area contributed by atoms with Crippen LogP contribution < -0.4 is 0 Å². The highest BCUT2D eigenvalue weighted by atomic mass is 16.1. The first-order chi connectivity index (χ1) is 12.2. The summed E-state index contributed by atoms with van der Waals surface area (Å²) in [5.41, 5.74) is 6.71. The van der Waals surface area contributed by atoms with Gasteiger partial charge in [-0.15, -0.1) is 0 Å². The number of fused-ring (bicyclic) bond motifs is 8. The van der Waals surface area contributed by atoms with E-state index in [4.69, 9.17) is 0 Å². The van der Waals surface area contributed by atoms with Gasteiger partial charge in [-0.25, -0.2) is 9.97 Å². The van der Waals surface area contributed by atoms with Crippen molar-refractivity contribution in [3.05, 3.63) is 70.6 Å². The van der Waals surface area contributed by atoms with E-state index in [1.54, 1.807) is 6.07 Å². The van der Waals surface area contributed by atoms with Gasteiger partial charge in [-0.2, -0.15) is 0 Å². The van der Waals surface area contributed by atoms with Crippen LogP contribution in [0.15, 0.2) is 36.4 Å². The Morgan fingerprint density at radius 1 is 0.720 bits per heavy atom. The molecule has 8 bridgehead atoms. The van der Waals surface area contributed by atoms with Crippen molar-refractivity contribution in [1.82, 2.24) is 19.9 Å². The third kappa shape index (κ3) is 2.65. The summed E-state index contributed by atoms with van der Waals surface area (Å²) in [6.45, 7) is 0. The van der Waals surface area contributed by atoms with Crippen LogP contribution >= 0.6 is 0 Å². The van der Waals surface area contributed by atoms with Gasteiger partial charge in [-0.05, 0) is 60.7 Å². The lowest BCUT2D eigenvalue weighted by Gasteiger charge is -1.87. The van der Waals surface area contributed by atoms with Gasteiger partial charge in [-0.1, -0.05) is 0 Å². The second kappa shape index (κ2) is 5.27. The molecule has 2 aromatic heterocycles. The number of ketones is 1. The number of carbonyl (C=O) groups is 1. The zero-order chi connectivity index (χ0) is 16.8. The maximum absolute atomic E-state index is 12.2. The third-order valence-electron chi connectivity index (χ3n) is 4.26. The lowest BCUT2D eigenvalue weighted by atomic mass is 10.2. The average Bonchev–Trinajstić information content (AvgIpc) is 3.33. The molecule has 5 heteroatoms. The Morgan fingerprint density at radius 3 is 1.92 bits per heavy atom. The number of H-pyrrole nitrogens is 2. The molecule has 0 saturated heterocycles. The Labute approximate surface area is 143 Å². The van der Waals surface area contributed by atoms with Crippen molar-refractivity contribution in [3.8, 4) is 0 Å². The van der Waals surface area contributed by atoms with Crippen molar-refractivity contribution in [2.75, 3.05) is 0 Å². The lowest BCUT2D eigenvalue weighted by Crippen LogP contribution is -1.94. The van der Waals surface area contributed by atoms with Gasteiger partial charge in [0, 0.05) is 16.7 Å². The van der Waals surface area contributed by atoms with E-state index in [1.165, 1.54) is 0 Å². The molecule has 0 radical (unpaired) electrons. The molecule has 0 atom stereocenters. The molecule has 0 aliphatic carbocycles. The largest absolute Gasteiger partial charge is 0.355 e. The molecule has 0 aromatic carbocycles. The first-order valence-corrected chi connectivity index (χ1v) is 8.10. The third-order valence-corrected chi connectivity index (χ3v) is 4.26. The van der Waals surface area contributed by atoms with E-state index in [9.17, 15) is 4.79 Å². The molecule has 120 valence electrons. The maximum Gasteiger partial charge on any atom is 0.184 e. The van der Waals surface area contributed by atoms with Gasteiger partial charge in [0.15, 0.2) is 5.78 Å². The fourth-order valence-corrected chi connectivity index (χ4v) is 3.11. The molecule has 2 aromatic rings. The van der Waals surface area contributed by atoms with Gasteiger partial charge >= 0.3 is 0 Å².